The van der Waals surface area contributed by atoms with Gasteiger partial charge in [-0.1, -0.05) is 6.92 Å². The predicted molar refractivity (Wildman–Crippen MR) is 128 cm³/mol. The maximum Gasteiger partial charge on any atom is 0.247 e. The minimum Gasteiger partial charge on any atom is -0.369 e. The molecule has 1 aliphatic heterocycles. The van der Waals surface area contributed by atoms with Crippen molar-refractivity contribution in [1.82, 2.24) is 14.9 Å². The van der Waals surface area contributed by atoms with Gasteiger partial charge in [-0.15, -0.1) is 22.7 Å². The summed E-state index contributed by atoms with van der Waals surface area (Å²) in [7, 11) is -3.64. The summed E-state index contributed by atoms with van der Waals surface area (Å²) in [5.41, 5.74) is 1.22. The second-order valence-corrected chi connectivity index (χ2v) is 12.5. The number of aryl methyl sites for hydroxylation is 2. The summed E-state index contributed by atoms with van der Waals surface area (Å²) in [6, 6.07) is 3.40. The number of likely N-dealkylation sites (tertiary alicyclic amines) is 1. The Morgan fingerprint density at radius 3 is 2.61 bits per heavy atom. The van der Waals surface area contributed by atoms with E-state index in [0.717, 1.165) is 52.3 Å². The molecule has 1 aliphatic rings. The Hall–Kier alpha value is -1.59. The van der Waals surface area contributed by atoms with Gasteiger partial charge in [0.15, 0.2) is 0 Å². The van der Waals surface area contributed by atoms with Gasteiger partial charge < -0.3 is 5.32 Å². The van der Waals surface area contributed by atoms with Gasteiger partial charge in [0.25, 0.3) is 0 Å². The molecule has 0 radical (unpaired) electrons. The first kappa shape index (κ1) is 22.6. The predicted octanol–water partition coefficient (Wildman–Crippen LogP) is 3.90. The van der Waals surface area contributed by atoms with Crippen LogP contribution in [-0.4, -0.2) is 42.9 Å². The molecule has 3 N–H and O–H groups in total. The number of primary sulfonamides is 1. The lowest BCUT2D eigenvalue weighted by Gasteiger charge is -2.29. The smallest absolute Gasteiger partial charge is 0.247 e. The lowest BCUT2D eigenvalue weighted by molar-refractivity contribution is 0.181. The van der Waals surface area contributed by atoms with Crippen molar-refractivity contribution in [2.45, 2.75) is 50.8 Å². The average molecular weight is 480 g/mol. The maximum absolute atomic E-state index is 11.5. The summed E-state index contributed by atoms with van der Waals surface area (Å²) in [4.78, 5) is 15.5. The lowest BCUT2D eigenvalue weighted by Crippen LogP contribution is -2.33. The Morgan fingerprint density at radius 2 is 1.94 bits per heavy atom. The van der Waals surface area contributed by atoms with Gasteiger partial charge in [-0.3, -0.25) is 4.90 Å². The van der Waals surface area contributed by atoms with Crippen molar-refractivity contribution in [2.75, 3.05) is 25.0 Å². The third-order valence-corrected chi connectivity index (χ3v) is 9.58. The maximum atomic E-state index is 11.5. The van der Waals surface area contributed by atoms with Gasteiger partial charge in [-0.2, -0.15) is 0 Å². The molecule has 3 aromatic rings. The molecule has 1 fully saturated rings. The molecule has 0 atom stereocenters. The van der Waals surface area contributed by atoms with Crippen LogP contribution in [0.15, 0.2) is 16.3 Å². The molecule has 0 bridgehead atoms. The molecule has 10 heteroatoms. The fourth-order valence-electron chi connectivity index (χ4n) is 3.86. The molecule has 4 heterocycles. The first-order chi connectivity index (χ1) is 14.7. The van der Waals surface area contributed by atoms with E-state index in [2.05, 4.69) is 31.0 Å². The molecule has 0 spiro atoms. The fraction of sp³-hybridized carbons (Fsp3) is 0.524. The number of rotatable bonds is 7. The average Bonchev–Trinajstić information content (AvgIpc) is 3.29. The van der Waals surface area contributed by atoms with Crippen molar-refractivity contribution >= 4 is 48.7 Å². The van der Waals surface area contributed by atoms with E-state index in [-0.39, 0.29) is 4.21 Å². The highest BCUT2D eigenvalue weighted by molar-refractivity contribution is 7.91. The summed E-state index contributed by atoms with van der Waals surface area (Å²) >= 11 is 2.94. The first-order valence-electron chi connectivity index (χ1n) is 10.5. The number of anilines is 1. The van der Waals surface area contributed by atoms with E-state index in [1.165, 1.54) is 34.6 Å². The normalized spacial score (nSPS) is 16.3. The van der Waals surface area contributed by atoms with Crippen molar-refractivity contribution in [3.63, 3.8) is 0 Å². The number of nitrogens with two attached hydrogens (primary N) is 1. The monoisotopic (exact) mass is 479 g/mol. The molecule has 0 amide bonds. The van der Waals surface area contributed by atoms with Gasteiger partial charge in [-0.25, -0.2) is 23.5 Å². The molecule has 0 unspecified atom stereocenters. The van der Waals surface area contributed by atoms with Crippen molar-refractivity contribution < 1.29 is 8.42 Å². The van der Waals surface area contributed by atoms with Gasteiger partial charge in [0, 0.05) is 16.3 Å². The molecule has 168 valence electrons. The number of aromatic nitrogens is 2. The second-order valence-electron chi connectivity index (χ2n) is 8.35. The van der Waals surface area contributed by atoms with Crippen LogP contribution in [0.25, 0.3) is 10.2 Å². The highest BCUT2D eigenvalue weighted by Crippen LogP contribution is 2.33. The van der Waals surface area contributed by atoms with Crippen molar-refractivity contribution in [2.24, 2.45) is 11.1 Å². The molecular weight excluding hydrogens is 450 g/mol. The van der Waals surface area contributed by atoms with E-state index in [4.69, 9.17) is 15.1 Å². The van der Waals surface area contributed by atoms with Crippen LogP contribution in [0.4, 0.5) is 5.82 Å². The zero-order chi connectivity index (χ0) is 22.2. The molecule has 7 nitrogen and oxygen atoms in total. The first-order valence-corrected chi connectivity index (χ1v) is 13.7. The Morgan fingerprint density at radius 1 is 1.19 bits per heavy atom. The highest BCUT2D eigenvalue weighted by Gasteiger charge is 2.19. The molecule has 0 aromatic carbocycles. The number of fused-ring (bicyclic) bond motifs is 1. The Bertz CT molecular complexity index is 1180. The Balaban J connectivity index is 1.51. The Kier molecular flexibility index (Phi) is 6.64. The Labute approximate surface area is 191 Å². The van der Waals surface area contributed by atoms with Crippen molar-refractivity contribution in [3.05, 3.63) is 33.3 Å². The topological polar surface area (TPSA) is 101 Å². The molecule has 0 aliphatic carbocycles. The minimum atomic E-state index is -3.64. The molecular formula is C21H29N5O2S3. The standard InChI is InChI=1S/C21H29N5O2S3/c1-13-7-10-26(11-8-13)12-17-24-20(19-14(2)15(3)29-21(19)25-17)23-9-6-16-4-5-18(30-16)31(22,27)28/h4-5,13H,6-12H2,1-3H3,(H2,22,27,28)(H,23,24,25). The second kappa shape index (κ2) is 9.11. The third-order valence-electron chi connectivity index (χ3n) is 5.90. The summed E-state index contributed by atoms with van der Waals surface area (Å²) in [5, 5.41) is 9.80. The highest BCUT2D eigenvalue weighted by atomic mass is 32.2. The number of nitrogens with zero attached hydrogens (tertiary/aromatic N) is 3. The zero-order valence-electron chi connectivity index (χ0n) is 18.1. The number of nitrogens with one attached hydrogen (secondary N) is 1. The molecule has 31 heavy (non-hydrogen) atoms. The van der Waals surface area contributed by atoms with E-state index in [1.54, 1.807) is 17.4 Å². The van der Waals surface area contributed by atoms with Gasteiger partial charge in [0.2, 0.25) is 10.0 Å². The van der Waals surface area contributed by atoms with Gasteiger partial charge >= 0.3 is 0 Å². The van der Waals surface area contributed by atoms with Gasteiger partial charge in [0.1, 0.15) is 20.7 Å². The number of hydrogen-bond donors (Lipinski definition) is 2. The summed E-state index contributed by atoms with van der Waals surface area (Å²) in [6.07, 6.45) is 3.16. The van der Waals surface area contributed by atoms with Crippen LogP contribution in [0.5, 0.6) is 0 Å². The van der Waals surface area contributed by atoms with Crippen molar-refractivity contribution in [3.8, 4) is 0 Å². The summed E-state index contributed by atoms with van der Waals surface area (Å²) in [5.74, 6) is 2.53. The van der Waals surface area contributed by atoms with Crippen LogP contribution in [0.3, 0.4) is 0 Å². The zero-order valence-corrected chi connectivity index (χ0v) is 20.6. The lowest BCUT2D eigenvalue weighted by atomic mass is 9.99. The van der Waals surface area contributed by atoms with E-state index < -0.39 is 10.0 Å². The summed E-state index contributed by atoms with van der Waals surface area (Å²) in [6.45, 7) is 10.2. The number of thiophene rings is 2. The number of hydrogen-bond acceptors (Lipinski definition) is 8. The van der Waals surface area contributed by atoms with Gasteiger partial charge in [0.05, 0.1) is 11.9 Å². The SMILES string of the molecule is Cc1sc2nc(CN3CCC(C)CC3)nc(NCCc3ccc(S(N)(=O)=O)s3)c2c1C. The largest absolute Gasteiger partial charge is 0.369 e. The quantitative estimate of drug-likeness (QED) is 0.533. The molecule has 1 saturated heterocycles. The van der Waals surface area contributed by atoms with E-state index in [1.807, 2.05) is 6.07 Å². The van der Waals surface area contributed by atoms with E-state index >= 15 is 0 Å². The number of piperidine rings is 1. The summed E-state index contributed by atoms with van der Waals surface area (Å²) < 4.78 is 23.2. The van der Waals surface area contributed by atoms with Crippen LogP contribution in [0.1, 0.15) is 40.9 Å². The third kappa shape index (κ3) is 5.25. The van der Waals surface area contributed by atoms with E-state index in [9.17, 15) is 8.42 Å². The van der Waals surface area contributed by atoms with Gasteiger partial charge in [-0.05, 0) is 69.8 Å². The van der Waals surface area contributed by atoms with E-state index in [0.29, 0.717) is 13.0 Å². The van der Waals surface area contributed by atoms with Crippen LogP contribution < -0.4 is 10.5 Å². The van der Waals surface area contributed by atoms with Crippen LogP contribution in [0.2, 0.25) is 0 Å². The van der Waals surface area contributed by atoms with Crippen molar-refractivity contribution in [1.29, 1.82) is 0 Å². The fourth-order valence-corrected chi connectivity index (χ4v) is 6.69. The molecule has 3 aromatic heterocycles. The van der Waals surface area contributed by atoms with Crippen LogP contribution in [0, 0.1) is 19.8 Å². The van der Waals surface area contributed by atoms with Crippen LogP contribution >= 0.6 is 22.7 Å². The molecule has 0 saturated carbocycles. The number of sulfonamides is 1. The van der Waals surface area contributed by atoms with Crippen LogP contribution in [-0.2, 0) is 23.0 Å². The molecule has 4 rings (SSSR count). The minimum absolute atomic E-state index is 0.203.